The second kappa shape index (κ2) is 7.71. The molecule has 0 saturated heterocycles. The van der Waals surface area contributed by atoms with Crippen LogP contribution in [0.1, 0.15) is 38.2 Å². The minimum atomic E-state index is -3.47. The number of hydrogen-bond donors (Lipinski definition) is 2. The molecule has 20 heavy (non-hydrogen) atoms. The first-order valence-electron chi connectivity index (χ1n) is 6.71. The van der Waals surface area contributed by atoms with E-state index in [1.54, 1.807) is 6.92 Å². The molecule has 0 radical (unpaired) electrons. The number of nitrogens with one attached hydrogen (secondary N) is 1. The predicted molar refractivity (Wildman–Crippen MR) is 87.3 cm³/mol. The average Bonchev–Trinajstić information content (AvgIpc) is 2.39. The van der Waals surface area contributed by atoms with E-state index in [1.807, 2.05) is 30.3 Å². The van der Waals surface area contributed by atoms with Gasteiger partial charge in [0.25, 0.3) is 0 Å². The molecule has 0 bridgehead atoms. The van der Waals surface area contributed by atoms with Crippen molar-refractivity contribution >= 4 is 27.2 Å². The van der Waals surface area contributed by atoms with Crippen molar-refractivity contribution in [3.05, 3.63) is 35.9 Å². The van der Waals surface area contributed by atoms with Gasteiger partial charge >= 0.3 is 0 Å². The molecule has 1 aromatic carbocycles. The van der Waals surface area contributed by atoms with Crippen molar-refractivity contribution in [3.63, 3.8) is 0 Å². The Bertz CT molecular complexity index is 529. The average molecular weight is 314 g/mol. The maximum Gasteiger partial charge on any atom is 0.220 e. The summed E-state index contributed by atoms with van der Waals surface area (Å²) in [5, 5.41) is -0.787. The lowest BCUT2D eigenvalue weighted by atomic mass is 9.98. The molecule has 112 valence electrons. The lowest BCUT2D eigenvalue weighted by molar-refractivity contribution is 0.566. The van der Waals surface area contributed by atoms with Crippen LogP contribution < -0.4 is 10.5 Å². The first kappa shape index (κ1) is 17.1. The molecule has 1 aromatic rings. The second-order valence-corrected chi connectivity index (χ2v) is 7.26. The molecule has 0 heterocycles. The van der Waals surface area contributed by atoms with Crippen molar-refractivity contribution < 1.29 is 8.42 Å². The quantitative estimate of drug-likeness (QED) is 0.721. The first-order chi connectivity index (χ1) is 9.38. The highest BCUT2D eigenvalue weighted by atomic mass is 32.2. The molecule has 2 atom stereocenters. The van der Waals surface area contributed by atoms with Crippen LogP contribution in [0, 0.1) is 0 Å². The molecular formula is C14H22N2O2S2. The Balaban J connectivity index is 2.53. The molecule has 1 rings (SSSR count). The third-order valence-electron chi connectivity index (χ3n) is 3.31. The van der Waals surface area contributed by atoms with Crippen molar-refractivity contribution in [1.29, 1.82) is 0 Å². The van der Waals surface area contributed by atoms with E-state index in [-0.39, 0.29) is 4.99 Å². The molecule has 0 aliphatic heterocycles. The number of sulfonamides is 1. The van der Waals surface area contributed by atoms with E-state index in [0.717, 1.165) is 6.42 Å². The summed E-state index contributed by atoms with van der Waals surface area (Å²) < 4.78 is 26.7. The van der Waals surface area contributed by atoms with Crippen molar-refractivity contribution in [2.24, 2.45) is 5.73 Å². The van der Waals surface area contributed by atoms with Crippen LogP contribution in [0.25, 0.3) is 0 Å². The standard InChI is InChI=1S/C14H22N2O2S2/c1-3-13(14(15)19)20(17,18)16-10-9-11(2)12-7-5-4-6-8-12/h4-8,11,13,16H,3,9-10H2,1-2H3,(H2,15,19). The molecule has 0 fully saturated rings. The van der Waals surface area contributed by atoms with E-state index in [1.165, 1.54) is 5.56 Å². The van der Waals surface area contributed by atoms with Gasteiger partial charge in [0, 0.05) is 6.54 Å². The summed E-state index contributed by atoms with van der Waals surface area (Å²) in [6, 6.07) is 10.0. The molecule has 0 aliphatic rings. The van der Waals surface area contributed by atoms with Gasteiger partial charge < -0.3 is 5.73 Å². The SMILES string of the molecule is CCC(C(N)=S)S(=O)(=O)NCCC(C)c1ccccc1. The fourth-order valence-corrected chi connectivity index (χ4v) is 3.93. The topological polar surface area (TPSA) is 72.2 Å². The summed E-state index contributed by atoms with van der Waals surface area (Å²) in [6.45, 7) is 4.22. The van der Waals surface area contributed by atoms with E-state index in [4.69, 9.17) is 18.0 Å². The maximum absolute atomic E-state index is 12.0. The molecule has 0 spiro atoms. The van der Waals surface area contributed by atoms with Crippen LogP contribution in [0.3, 0.4) is 0 Å². The minimum Gasteiger partial charge on any atom is -0.392 e. The van der Waals surface area contributed by atoms with E-state index in [2.05, 4.69) is 11.6 Å². The van der Waals surface area contributed by atoms with Gasteiger partial charge in [-0.1, -0.05) is 56.4 Å². The van der Waals surface area contributed by atoms with Gasteiger partial charge in [-0.05, 0) is 24.3 Å². The number of nitrogens with two attached hydrogens (primary N) is 1. The Morgan fingerprint density at radius 2 is 1.95 bits per heavy atom. The fourth-order valence-electron chi connectivity index (χ4n) is 2.04. The minimum absolute atomic E-state index is 0.0242. The smallest absolute Gasteiger partial charge is 0.220 e. The maximum atomic E-state index is 12.0. The summed E-state index contributed by atoms with van der Waals surface area (Å²) in [5.41, 5.74) is 6.67. The van der Waals surface area contributed by atoms with Crippen LogP contribution in [0.4, 0.5) is 0 Å². The van der Waals surface area contributed by atoms with Crippen molar-refractivity contribution in [1.82, 2.24) is 4.72 Å². The first-order valence-corrected chi connectivity index (χ1v) is 8.66. The van der Waals surface area contributed by atoms with E-state index in [0.29, 0.717) is 18.9 Å². The summed E-state index contributed by atoms with van der Waals surface area (Å²) in [7, 11) is -3.47. The Morgan fingerprint density at radius 3 is 2.45 bits per heavy atom. The van der Waals surface area contributed by atoms with Gasteiger partial charge in [0.05, 0.1) is 4.99 Å². The molecule has 0 aromatic heterocycles. The highest BCUT2D eigenvalue weighted by molar-refractivity contribution is 7.93. The number of benzene rings is 1. The molecule has 4 nitrogen and oxygen atoms in total. The van der Waals surface area contributed by atoms with Crippen molar-refractivity contribution in [3.8, 4) is 0 Å². The summed E-state index contributed by atoms with van der Waals surface area (Å²) in [6.07, 6.45) is 1.12. The van der Waals surface area contributed by atoms with Crippen LogP contribution in [0.5, 0.6) is 0 Å². The van der Waals surface area contributed by atoms with Gasteiger partial charge in [-0.15, -0.1) is 0 Å². The molecular weight excluding hydrogens is 292 g/mol. The monoisotopic (exact) mass is 314 g/mol. The Labute approximate surface area is 126 Å². The predicted octanol–water partition coefficient (Wildman–Crippen LogP) is 2.16. The molecule has 0 saturated carbocycles. The van der Waals surface area contributed by atoms with Gasteiger partial charge in [0.2, 0.25) is 10.0 Å². The third-order valence-corrected chi connectivity index (χ3v) is 5.69. The van der Waals surface area contributed by atoms with Crippen molar-refractivity contribution in [2.45, 2.75) is 37.9 Å². The molecule has 0 aliphatic carbocycles. The van der Waals surface area contributed by atoms with Gasteiger partial charge in [-0.2, -0.15) is 0 Å². The van der Waals surface area contributed by atoms with Crippen LogP contribution >= 0.6 is 12.2 Å². The van der Waals surface area contributed by atoms with Gasteiger partial charge in [-0.3, -0.25) is 0 Å². The Hall–Kier alpha value is -0.980. The molecule has 3 N–H and O–H groups in total. The summed E-state index contributed by atoms with van der Waals surface area (Å²) in [4.78, 5) is 0.0242. The zero-order chi connectivity index (χ0) is 15.2. The van der Waals surface area contributed by atoms with E-state index < -0.39 is 15.3 Å². The highest BCUT2D eigenvalue weighted by Gasteiger charge is 2.25. The van der Waals surface area contributed by atoms with E-state index in [9.17, 15) is 8.42 Å². The largest absolute Gasteiger partial charge is 0.392 e. The second-order valence-electron chi connectivity index (χ2n) is 4.84. The molecule has 0 amide bonds. The highest BCUT2D eigenvalue weighted by Crippen LogP contribution is 2.17. The number of hydrogen-bond acceptors (Lipinski definition) is 3. The summed E-state index contributed by atoms with van der Waals surface area (Å²) in [5.74, 6) is 0.295. The lowest BCUT2D eigenvalue weighted by Gasteiger charge is -2.17. The molecule has 2 unspecified atom stereocenters. The van der Waals surface area contributed by atoms with Crippen LogP contribution in [-0.2, 0) is 10.0 Å². The van der Waals surface area contributed by atoms with Crippen molar-refractivity contribution in [2.75, 3.05) is 6.54 Å². The molecule has 6 heteroatoms. The number of rotatable bonds is 8. The number of thiocarbonyl (C=S) groups is 1. The normalized spacial score (nSPS) is 14.7. The van der Waals surface area contributed by atoms with Crippen LogP contribution in [-0.4, -0.2) is 25.2 Å². The van der Waals surface area contributed by atoms with Crippen LogP contribution in [0.2, 0.25) is 0 Å². The third kappa shape index (κ3) is 4.85. The van der Waals surface area contributed by atoms with Crippen LogP contribution in [0.15, 0.2) is 30.3 Å². The van der Waals surface area contributed by atoms with Gasteiger partial charge in [0.1, 0.15) is 5.25 Å². The van der Waals surface area contributed by atoms with E-state index >= 15 is 0 Å². The Kier molecular flexibility index (Phi) is 6.58. The zero-order valence-corrected chi connectivity index (χ0v) is 13.5. The van der Waals surface area contributed by atoms with Gasteiger partial charge in [-0.25, -0.2) is 13.1 Å². The fraction of sp³-hybridized carbons (Fsp3) is 0.500. The van der Waals surface area contributed by atoms with Gasteiger partial charge in [0.15, 0.2) is 0 Å². The zero-order valence-electron chi connectivity index (χ0n) is 11.9. The summed E-state index contributed by atoms with van der Waals surface area (Å²) >= 11 is 4.80. The lowest BCUT2D eigenvalue weighted by Crippen LogP contribution is -2.42. The Morgan fingerprint density at radius 1 is 1.35 bits per heavy atom.